The van der Waals surface area contributed by atoms with Crippen LogP contribution >= 0.6 is 0 Å². The lowest BCUT2D eigenvalue weighted by Crippen LogP contribution is -2.20. The molecule has 0 aliphatic carbocycles. The minimum atomic E-state index is -0.563. The van der Waals surface area contributed by atoms with Gasteiger partial charge in [0, 0.05) is 5.56 Å². The van der Waals surface area contributed by atoms with Crippen molar-refractivity contribution in [2.75, 3.05) is 14.2 Å². The number of H-pyrrole nitrogens is 1. The molecule has 0 fully saturated rings. The van der Waals surface area contributed by atoms with Gasteiger partial charge in [0.05, 0.1) is 31.4 Å². The van der Waals surface area contributed by atoms with Gasteiger partial charge in [-0.1, -0.05) is 0 Å². The van der Waals surface area contributed by atoms with Gasteiger partial charge in [-0.25, -0.2) is 0 Å². The SMILES string of the molecule is COc1ccc(OC)c(-c2[nH]nc3c2[C@H](c2ccc(C)o2)C(C#N)=C(N)O3)c1. The molecule has 8 nitrogen and oxygen atoms in total. The number of rotatable bonds is 4. The van der Waals surface area contributed by atoms with Crippen molar-refractivity contribution in [3.05, 3.63) is 58.9 Å². The summed E-state index contributed by atoms with van der Waals surface area (Å²) in [5, 5.41) is 17.0. The van der Waals surface area contributed by atoms with Gasteiger partial charge < -0.3 is 24.4 Å². The van der Waals surface area contributed by atoms with E-state index >= 15 is 0 Å². The summed E-state index contributed by atoms with van der Waals surface area (Å²) in [5.74, 6) is 2.29. The van der Waals surface area contributed by atoms with E-state index in [1.807, 2.05) is 25.1 Å². The molecule has 3 N–H and O–H groups in total. The van der Waals surface area contributed by atoms with Gasteiger partial charge in [-0.3, -0.25) is 5.10 Å². The van der Waals surface area contributed by atoms with E-state index in [0.717, 1.165) is 5.76 Å². The molecule has 0 radical (unpaired) electrons. The maximum Gasteiger partial charge on any atom is 0.244 e. The predicted octanol–water partition coefficient (Wildman–Crippen LogP) is 3.21. The summed E-state index contributed by atoms with van der Waals surface area (Å²) >= 11 is 0. The third kappa shape index (κ3) is 2.65. The Balaban J connectivity index is 1.97. The lowest BCUT2D eigenvalue weighted by atomic mass is 9.86. The number of aromatic nitrogens is 2. The molecule has 142 valence electrons. The van der Waals surface area contributed by atoms with Gasteiger partial charge in [0.25, 0.3) is 0 Å². The van der Waals surface area contributed by atoms with Gasteiger partial charge in [-0.15, -0.1) is 5.10 Å². The first-order valence-electron chi connectivity index (χ1n) is 8.52. The van der Waals surface area contributed by atoms with Crippen molar-refractivity contribution in [1.29, 1.82) is 5.26 Å². The van der Waals surface area contributed by atoms with Crippen molar-refractivity contribution in [1.82, 2.24) is 10.2 Å². The summed E-state index contributed by atoms with van der Waals surface area (Å²) in [6.07, 6.45) is 0. The Morgan fingerprint density at radius 2 is 2.04 bits per heavy atom. The molecule has 0 amide bonds. The molecule has 0 bridgehead atoms. The molecule has 1 aliphatic rings. The van der Waals surface area contributed by atoms with E-state index in [1.54, 1.807) is 26.4 Å². The Kier molecular flexibility index (Phi) is 4.20. The summed E-state index contributed by atoms with van der Waals surface area (Å²) < 4.78 is 22.3. The zero-order valence-corrected chi connectivity index (χ0v) is 15.6. The summed E-state index contributed by atoms with van der Waals surface area (Å²) in [5.41, 5.74) is 8.23. The highest BCUT2D eigenvalue weighted by molar-refractivity contribution is 5.76. The minimum Gasteiger partial charge on any atom is -0.497 e. The van der Waals surface area contributed by atoms with Gasteiger partial charge in [0.15, 0.2) is 0 Å². The fraction of sp³-hybridized carbons (Fsp3) is 0.200. The topological polar surface area (TPSA) is 119 Å². The van der Waals surface area contributed by atoms with Crippen LogP contribution in [0.1, 0.15) is 23.0 Å². The molecule has 2 aromatic heterocycles. The van der Waals surface area contributed by atoms with Crippen molar-refractivity contribution in [2.24, 2.45) is 5.73 Å². The second-order valence-electron chi connectivity index (χ2n) is 6.26. The van der Waals surface area contributed by atoms with Crippen LogP contribution in [0.4, 0.5) is 0 Å². The average Bonchev–Trinajstić information content (AvgIpc) is 3.32. The van der Waals surface area contributed by atoms with Crippen molar-refractivity contribution >= 4 is 0 Å². The molecule has 3 heterocycles. The standard InChI is InChI=1S/C20H18N4O4/c1-10-4-6-15(27-10)16-13(9-21)19(22)28-20-17(16)18(23-24-20)12-8-11(25-2)5-7-14(12)26-3/h4-8,16H,22H2,1-3H3,(H,23,24)/t16-/m0/s1. The molecule has 1 atom stereocenters. The number of methoxy groups -OCH3 is 2. The molecule has 8 heteroatoms. The molecule has 0 spiro atoms. The molecule has 3 aromatic rings. The molecule has 4 rings (SSSR count). The van der Waals surface area contributed by atoms with Crippen molar-refractivity contribution in [3.63, 3.8) is 0 Å². The first-order valence-corrected chi connectivity index (χ1v) is 8.52. The summed E-state index contributed by atoms with van der Waals surface area (Å²) in [6.45, 7) is 1.84. The Bertz CT molecular complexity index is 1120. The van der Waals surface area contributed by atoms with E-state index in [-0.39, 0.29) is 17.3 Å². The number of aromatic amines is 1. The third-order valence-electron chi connectivity index (χ3n) is 4.66. The minimum absolute atomic E-state index is 0.00436. The fourth-order valence-electron chi connectivity index (χ4n) is 3.35. The highest BCUT2D eigenvalue weighted by Gasteiger charge is 2.38. The number of nitrogens with one attached hydrogen (secondary N) is 1. The number of aryl methyl sites for hydroxylation is 1. The molecule has 28 heavy (non-hydrogen) atoms. The highest BCUT2D eigenvalue weighted by Crippen LogP contribution is 2.47. The van der Waals surface area contributed by atoms with Crippen molar-refractivity contribution in [3.8, 4) is 34.7 Å². The van der Waals surface area contributed by atoms with Gasteiger partial charge >= 0.3 is 0 Å². The predicted molar refractivity (Wildman–Crippen MR) is 99.9 cm³/mol. The monoisotopic (exact) mass is 378 g/mol. The second-order valence-corrected chi connectivity index (χ2v) is 6.26. The van der Waals surface area contributed by atoms with Crippen LogP contribution in [0.25, 0.3) is 11.3 Å². The molecular formula is C20H18N4O4. The second kappa shape index (κ2) is 6.70. The van der Waals surface area contributed by atoms with Crippen LogP contribution < -0.4 is 19.9 Å². The third-order valence-corrected chi connectivity index (χ3v) is 4.66. The number of allylic oxidation sites excluding steroid dienone is 1. The lowest BCUT2D eigenvalue weighted by Gasteiger charge is -2.22. The van der Waals surface area contributed by atoms with Gasteiger partial charge in [0.1, 0.15) is 34.7 Å². The van der Waals surface area contributed by atoms with Crippen molar-refractivity contribution in [2.45, 2.75) is 12.8 Å². The zero-order valence-electron chi connectivity index (χ0n) is 15.6. The van der Waals surface area contributed by atoms with E-state index < -0.39 is 5.92 Å². The number of ether oxygens (including phenoxy) is 3. The molecule has 0 saturated heterocycles. The number of hydrogen-bond acceptors (Lipinski definition) is 7. The maximum atomic E-state index is 9.72. The fourth-order valence-corrected chi connectivity index (χ4v) is 3.35. The zero-order chi connectivity index (χ0) is 19.8. The molecular weight excluding hydrogens is 360 g/mol. The van der Waals surface area contributed by atoms with Crippen LogP contribution in [0.15, 0.2) is 46.2 Å². The number of nitrogens with two attached hydrogens (primary N) is 1. The first kappa shape index (κ1) is 17.5. The Morgan fingerprint density at radius 1 is 1.21 bits per heavy atom. The molecule has 0 saturated carbocycles. The van der Waals surface area contributed by atoms with Crippen molar-refractivity contribution < 1.29 is 18.6 Å². The Labute approximate surface area is 161 Å². The highest BCUT2D eigenvalue weighted by atomic mass is 16.5. The van der Waals surface area contributed by atoms with E-state index in [2.05, 4.69) is 16.3 Å². The number of benzene rings is 1. The number of nitriles is 1. The smallest absolute Gasteiger partial charge is 0.244 e. The number of nitrogens with zero attached hydrogens (tertiary/aromatic N) is 2. The van der Waals surface area contributed by atoms with Crippen LogP contribution in [-0.2, 0) is 0 Å². The Hall–Kier alpha value is -3.86. The summed E-state index contributed by atoms with van der Waals surface area (Å²) in [7, 11) is 3.17. The summed E-state index contributed by atoms with van der Waals surface area (Å²) in [6, 6.07) is 11.2. The lowest BCUT2D eigenvalue weighted by molar-refractivity contribution is 0.369. The van der Waals surface area contributed by atoms with Crippen LogP contribution in [-0.4, -0.2) is 24.4 Å². The van der Waals surface area contributed by atoms with Crippen LogP contribution in [0.3, 0.4) is 0 Å². The average molecular weight is 378 g/mol. The normalized spacial score (nSPS) is 15.6. The summed E-state index contributed by atoms with van der Waals surface area (Å²) in [4.78, 5) is 0. The van der Waals surface area contributed by atoms with Crippen LogP contribution in [0.5, 0.6) is 17.4 Å². The Morgan fingerprint density at radius 3 is 2.68 bits per heavy atom. The number of hydrogen-bond donors (Lipinski definition) is 2. The molecule has 1 aliphatic heterocycles. The quantitative estimate of drug-likeness (QED) is 0.715. The molecule has 0 unspecified atom stereocenters. The van der Waals surface area contributed by atoms with E-state index in [9.17, 15) is 5.26 Å². The number of furan rings is 1. The van der Waals surface area contributed by atoms with E-state index in [1.165, 1.54) is 0 Å². The maximum absolute atomic E-state index is 9.72. The van der Waals surface area contributed by atoms with Gasteiger partial charge in [0.2, 0.25) is 11.8 Å². The van der Waals surface area contributed by atoms with Crippen LogP contribution in [0, 0.1) is 18.3 Å². The number of fused-ring (bicyclic) bond motifs is 1. The van der Waals surface area contributed by atoms with E-state index in [0.29, 0.717) is 34.1 Å². The van der Waals surface area contributed by atoms with Crippen LogP contribution in [0.2, 0.25) is 0 Å². The largest absolute Gasteiger partial charge is 0.497 e. The van der Waals surface area contributed by atoms with Gasteiger partial charge in [-0.2, -0.15) is 5.26 Å². The molecule has 1 aromatic carbocycles. The first-order chi connectivity index (χ1) is 13.6. The van der Waals surface area contributed by atoms with Gasteiger partial charge in [-0.05, 0) is 37.3 Å². The van der Waals surface area contributed by atoms with E-state index in [4.69, 9.17) is 24.4 Å².